The van der Waals surface area contributed by atoms with Crippen LogP contribution in [0.4, 0.5) is 34.1 Å². The Morgan fingerprint density at radius 1 is 0.556 bits per heavy atom. The molecule has 4 amide bonds. The summed E-state index contributed by atoms with van der Waals surface area (Å²) >= 11 is 42.8. The Morgan fingerprint density at radius 3 is 1.46 bits per heavy atom. The van der Waals surface area contributed by atoms with Crippen molar-refractivity contribution in [3.63, 3.8) is 0 Å². The highest BCUT2D eigenvalue weighted by atomic mass is 35.5. The normalized spacial score (nSPS) is 12.1. The maximum Gasteiger partial charge on any atom is 0.258 e. The number of hydrogen-bond donors (Lipinski definition) is 4. The van der Waals surface area contributed by atoms with Gasteiger partial charge in [0.25, 0.3) is 23.6 Å². The second-order valence-corrected chi connectivity index (χ2v) is 15.6. The van der Waals surface area contributed by atoms with Crippen LogP contribution >= 0.6 is 81.2 Å². The number of anilines is 4. The molecule has 0 saturated heterocycles. The molecule has 0 bridgehead atoms. The van der Waals surface area contributed by atoms with E-state index < -0.39 is 53.3 Å². The third-order valence-electron chi connectivity index (χ3n) is 8.25. The van der Waals surface area contributed by atoms with Gasteiger partial charge in [0.1, 0.15) is 5.75 Å². The van der Waals surface area contributed by atoms with Crippen LogP contribution in [-0.4, -0.2) is 53.3 Å². The number of ketones is 2. The first-order valence-corrected chi connectivity index (χ1v) is 20.6. The van der Waals surface area contributed by atoms with E-state index in [2.05, 4.69) is 41.7 Å². The minimum Gasteiger partial charge on any atom is -0.476 e. The highest BCUT2D eigenvalue weighted by Crippen LogP contribution is 2.33. The molecule has 0 aliphatic rings. The number of carbonyl (C=O) groups excluding carboxylic acids is 6. The van der Waals surface area contributed by atoms with E-state index in [1.54, 1.807) is 36.4 Å². The zero-order chi connectivity index (χ0) is 46.0. The van der Waals surface area contributed by atoms with Gasteiger partial charge in [0.2, 0.25) is 12.1 Å². The first-order chi connectivity index (χ1) is 29.9. The van der Waals surface area contributed by atoms with Crippen LogP contribution in [0.1, 0.15) is 34.6 Å². The molecule has 0 heterocycles. The molecule has 0 saturated carbocycles. The molecule has 15 nitrogen and oxygen atoms in total. The van der Waals surface area contributed by atoms with Gasteiger partial charge in [-0.15, -0.1) is 0 Å². The summed E-state index contributed by atoms with van der Waals surface area (Å²) in [6, 6.07) is 17.7. The van der Waals surface area contributed by atoms with Gasteiger partial charge in [-0.25, -0.2) is 0 Å². The third kappa shape index (κ3) is 13.2. The number of ether oxygens (including phenoxy) is 1. The van der Waals surface area contributed by atoms with E-state index in [0.29, 0.717) is 0 Å². The second kappa shape index (κ2) is 22.1. The quantitative estimate of drug-likeness (QED) is 0.0426. The molecule has 0 radical (unpaired) electrons. The third-order valence-corrected chi connectivity index (χ3v) is 10.4. The molecule has 63 heavy (non-hydrogen) atoms. The van der Waals surface area contributed by atoms with E-state index in [9.17, 15) is 28.8 Å². The van der Waals surface area contributed by atoms with E-state index >= 15 is 0 Å². The number of nitrogens with zero attached hydrogens (tertiary/aromatic N) is 4. The van der Waals surface area contributed by atoms with Gasteiger partial charge in [0.05, 0.1) is 48.5 Å². The lowest BCUT2D eigenvalue weighted by molar-refractivity contribution is -0.127. The molecule has 2 unspecified atom stereocenters. The second-order valence-electron chi connectivity index (χ2n) is 12.9. The fraction of sp³-hybridized carbons (Fsp3) is 0.122. The number of azo groups is 2. The van der Waals surface area contributed by atoms with Crippen LogP contribution in [0.15, 0.2) is 111 Å². The average Bonchev–Trinajstić information content (AvgIpc) is 3.21. The van der Waals surface area contributed by atoms with Crippen molar-refractivity contribution in [3.05, 3.63) is 132 Å². The average molecular weight is 994 g/mol. The Hall–Kier alpha value is -5.65. The standard InChI is InChI=1S/C41H29Cl7N8O7/c1-19(57)36(55-53-26-13-21(11-23(43)15-26)38(59)51-31-7-3-5-28(45)34(31)47)40(61)49-25-9-10-30(33(17-25)63-18-42)50-41(62)37(20(2)58)56-54-27-14-22(12-24(44)16-27)39(60)52-32-8-4-6-29(46)35(32)48/h3-17,36-37H,18H2,1-2H3,(H,49,61)(H,50,62)(H,51,59)(H,52,60). The number of rotatable bonds is 16. The number of carbonyl (C=O) groups is 6. The van der Waals surface area contributed by atoms with E-state index in [-0.39, 0.29) is 81.1 Å². The van der Waals surface area contributed by atoms with Crippen molar-refractivity contribution < 1.29 is 33.5 Å². The van der Waals surface area contributed by atoms with Crippen molar-refractivity contribution in [1.29, 1.82) is 0 Å². The molecule has 22 heteroatoms. The molecule has 0 aromatic heterocycles. The predicted molar refractivity (Wildman–Crippen MR) is 245 cm³/mol. The number of amides is 4. The van der Waals surface area contributed by atoms with Gasteiger partial charge in [-0.3, -0.25) is 28.8 Å². The maximum atomic E-state index is 13.4. The van der Waals surface area contributed by atoms with Gasteiger partial charge in [-0.05, 0) is 86.6 Å². The SMILES string of the molecule is CC(=O)C(N=Nc1cc(Cl)cc(C(=O)Nc2cccc(Cl)c2Cl)c1)C(=O)Nc1ccc(NC(=O)C(N=Nc2cc(Cl)cc(C(=O)Nc3cccc(Cl)c3Cl)c2)C(C)=O)c(OCCl)c1. The van der Waals surface area contributed by atoms with Gasteiger partial charge in [-0.1, -0.05) is 93.3 Å². The molecule has 2 atom stereocenters. The summed E-state index contributed by atoms with van der Waals surface area (Å²) in [5.74, 6) is -4.47. The summed E-state index contributed by atoms with van der Waals surface area (Å²) in [7, 11) is 0. The van der Waals surface area contributed by atoms with Gasteiger partial charge < -0.3 is 26.0 Å². The maximum absolute atomic E-state index is 13.4. The van der Waals surface area contributed by atoms with Crippen LogP contribution in [-0.2, 0) is 19.2 Å². The highest BCUT2D eigenvalue weighted by molar-refractivity contribution is 6.44. The number of halogens is 7. The summed E-state index contributed by atoms with van der Waals surface area (Å²) in [4.78, 5) is 77.9. The zero-order valence-corrected chi connectivity index (χ0v) is 37.6. The van der Waals surface area contributed by atoms with Crippen molar-refractivity contribution in [3.8, 4) is 5.75 Å². The molecular formula is C41H29Cl7N8O7. The molecule has 4 N–H and O–H groups in total. The predicted octanol–water partition coefficient (Wildman–Crippen LogP) is 12.0. The van der Waals surface area contributed by atoms with E-state index in [0.717, 1.165) is 13.8 Å². The van der Waals surface area contributed by atoms with Gasteiger partial charge in [0.15, 0.2) is 17.6 Å². The first kappa shape index (κ1) is 48.4. The zero-order valence-electron chi connectivity index (χ0n) is 32.3. The minimum absolute atomic E-state index is 0.0164. The number of alkyl halides is 1. The molecule has 0 aliphatic heterocycles. The summed E-state index contributed by atoms with van der Waals surface area (Å²) < 4.78 is 5.46. The van der Waals surface area contributed by atoms with Crippen molar-refractivity contribution in [2.45, 2.75) is 25.9 Å². The van der Waals surface area contributed by atoms with Crippen LogP contribution in [0.3, 0.4) is 0 Å². The lowest BCUT2D eigenvalue weighted by Crippen LogP contribution is -2.32. The van der Waals surface area contributed by atoms with Crippen molar-refractivity contribution in [1.82, 2.24) is 0 Å². The summed E-state index contributed by atoms with van der Waals surface area (Å²) in [6.07, 6.45) is 0. The lowest BCUT2D eigenvalue weighted by atomic mass is 10.1. The molecule has 324 valence electrons. The largest absolute Gasteiger partial charge is 0.476 e. The Balaban J connectivity index is 1.28. The molecule has 0 spiro atoms. The number of Topliss-reactive ketones (excluding diaryl/α,β-unsaturated/α-hetero) is 2. The van der Waals surface area contributed by atoms with Crippen LogP contribution in [0, 0.1) is 0 Å². The number of nitrogens with one attached hydrogen (secondary N) is 4. The summed E-state index contributed by atoms with van der Waals surface area (Å²) in [5, 5.41) is 27.0. The fourth-order valence-corrected chi connectivity index (χ4v) is 6.57. The number of benzene rings is 5. The molecule has 0 aliphatic carbocycles. The van der Waals surface area contributed by atoms with Crippen LogP contribution in [0.5, 0.6) is 5.75 Å². The van der Waals surface area contributed by atoms with Gasteiger partial charge in [-0.2, -0.15) is 20.5 Å². The van der Waals surface area contributed by atoms with Crippen LogP contribution in [0.2, 0.25) is 30.1 Å². The molecule has 5 aromatic carbocycles. The molecule has 5 rings (SSSR count). The number of hydrogen-bond acceptors (Lipinski definition) is 11. The van der Waals surface area contributed by atoms with Gasteiger partial charge in [0, 0.05) is 32.9 Å². The highest BCUT2D eigenvalue weighted by Gasteiger charge is 2.26. The lowest BCUT2D eigenvalue weighted by Gasteiger charge is -2.15. The topological polar surface area (TPSA) is 209 Å². The smallest absolute Gasteiger partial charge is 0.258 e. The summed E-state index contributed by atoms with van der Waals surface area (Å²) in [6.45, 7) is 2.24. The monoisotopic (exact) mass is 990 g/mol. The Labute approximate surface area is 393 Å². The van der Waals surface area contributed by atoms with Crippen molar-refractivity contribution in [2.24, 2.45) is 20.5 Å². The fourth-order valence-electron chi connectivity index (χ4n) is 5.29. The van der Waals surface area contributed by atoms with E-state index in [4.69, 9.17) is 85.9 Å². The van der Waals surface area contributed by atoms with Crippen LogP contribution < -0.4 is 26.0 Å². The van der Waals surface area contributed by atoms with Crippen molar-refractivity contribution in [2.75, 3.05) is 27.3 Å². The van der Waals surface area contributed by atoms with Crippen LogP contribution in [0.25, 0.3) is 0 Å². The van der Waals surface area contributed by atoms with Gasteiger partial charge >= 0.3 is 0 Å². The van der Waals surface area contributed by atoms with E-state index in [1.807, 2.05) is 0 Å². The molecule has 5 aromatic rings. The first-order valence-electron chi connectivity index (χ1n) is 17.8. The molecular weight excluding hydrogens is 965 g/mol. The Kier molecular flexibility index (Phi) is 17.0. The minimum atomic E-state index is -1.68. The molecule has 0 fully saturated rings. The van der Waals surface area contributed by atoms with E-state index in [1.165, 1.54) is 54.6 Å². The summed E-state index contributed by atoms with van der Waals surface area (Å²) in [5.41, 5.74) is 0.806. The van der Waals surface area contributed by atoms with Crippen molar-refractivity contribution >= 4 is 151 Å². The Morgan fingerprint density at radius 2 is 1.02 bits per heavy atom. The Bertz CT molecular complexity index is 2700.